The Morgan fingerprint density at radius 2 is 2.00 bits per heavy atom. The number of aromatic nitrogens is 2. The maximum atomic E-state index is 12.6. The first-order valence-electron chi connectivity index (χ1n) is 8.69. The lowest BCUT2D eigenvalue weighted by Gasteiger charge is -2.26. The van der Waals surface area contributed by atoms with Gasteiger partial charge in [-0.2, -0.15) is 5.10 Å². The van der Waals surface area contributed by atoms with E-state index in [0.29, 0.717) is 21.4 Å². The number of carbonyl (C=O) groups excluding carboxylic acids is 1. The molecule has 0 aliphatic carbocycles. The quantitative estimate of drug-likeness (QED) is 0.676. The highest BCUT2D eigenvalue weighted by Crippen LogP contribution is 2.26. The van der Waals surface area contributed by atoms with Crippen molar-refractivity contribution in [3.8, 4) is 0 Å². The van der Waals surface area contributed by atoms with Gasteiger partial charge in [0.1, 0.15) is 0 Å². The van der Waals surface area contributed by atoms with E-state index in [4.69, 9.17) is 23.2 Å². The van der Waals surface area contributed by atoms with E-state index in [1.807, 2.05) is 6.07 Å². The predicted octanol–water partition coefficient (Wildman–Crippen LogP) is 4.53. The minimum absolute atomic E-state index is 0.316. The molecule has 0 radical (unpaired) electrons. The van der Waals surface area contributed by atoms with Crippen molar-refractivity contribution >= 4 is 34.9 Å². The van der Waals surface area contributed by atoms with E-state index in [0.717, 1.165) is 37.3 Å². The summed E-state index contributed by atoms with van der Waals surface area (Å²) in [5.41, 5.74) is 3.70. The summed E-state index contributed by atoms with van der Waals surface area (Å²) in [5, 5.41) is 11.0. The maximum Gasteiger partial charge on any atom is 0.258 e. The van der Waals surface area contributed by atoms with Gasteiger partial charge in [-0.25, -0.2) is 0 Å². The molecule has 2 heterocycles. The number of amides is 1. The molecular weight excluding hydrogens is 383 g/mol. The normalized spacial score (nSPS) is 14.0. The molecular formula is C20H18Cl2N4O. The van der Waals surface area contributed by atoms with E-state index in [2.05, 4.69) is 44.7 Å². The molecule has 27 heavy (non-hydrogen) atoms. The summed E-state index contributed by atoms with van der Waals surface area (Å²) in [5.74, 6) is 0.244. The van der Waals surface area contributed by atoms with Gasteiger partial charge in [0.2, 0.25) is 0 Å². The predicted molar refractivity (Wildman–Crippen MR) is 107 cm³/mol. The third-order valence-electron chi connectivity index (χ3n) is 4.67. The van der Waals surface area contributed by atoms with E-state index in [1.54, 1.807) is 18.2 Å². The van der Waals surface area contributed by atoms with Gasteiger partial charge in [0.25, 0.3) is 5.91 Å². The van der Waals surface area contributed by atoms with E-state index in [-0.39, 0.29) is 5.91 Å². The molecule has 0 saturated heterocycles. The Labute approximate surface area is 167 Å². The second kappa shape index (κ2) is 7.72. The number of halogens is 2. The first-order chi connectivity index (χ1) is 13.1. The van der Waals surface area contributed by atoms with E-state index in [9.17, 15) is 4.79 Å². The first kappa shape index (κ1) is 18.0. The highest BCUT2D eigenvalue weighted by molar-refractivity contribution is 6.36. The maximum absolute atomic E-state index is 12.6. The lowest BCUT2D eigenvalue weighted by molar-refractivity contribution is 0.102. The van der Waals surface area contributed by atoms with Crippen molar-refractivity contribution in [1.29, 1.82) is 0 Å². The smallest absolute Gasteiger partial charge is 0.258 e. The molecule has 0 spiro atoms. The Bertz CT molecular complexity index is 971. The topological polar surface area (TPSA) is 61.0 Å². The molecule has 2 aromatic carbocycles. The fraction of sp³-hybridized carbons (Fsp3) is 0.200. The van der Waals surface area contributed by atoms with Crippen LogP contribution in [0.2, 0.25) is 10.0 Å². The van der Waals surface area contributed by atoms with Gasteiger partial charge in [-0.15, -0.1) is 0 Å². The van der Waals surface area contributed by atoms with Crippen LogP contribution in [0.3, 0.4) is 0 Å². The zero-order valence-electron chi connectivity index (χ0n) is 14.5. The van der Waals surface area contributed by atoms with Crippen LogP contribution in [0.25, 0.3) is 0 Å². The number of fused-ring (bicyclic) bond motifs is 1. The minimum Gasteiger partial charge on any atom is -0.305 e. The summed E-state index contributed by atoms with van der Waals surface area (Å²) in [6.45, 7) is 2.56. The van der Waals surface area contributed by atoms with Crippen LogP contribution < -0.4 is 5.32 Å². The third kappa shape index (κ3) is 4.00. The molecule has 1 aliphatic rings. The number of nitrogens with one attached hydrogen (secondary N) is 2. The second-order valence-electron chi connectivity index (χ2n) is 6.55. The molecule has 0 fully saturated rings. The molecule has 1 amide bonds. The van der Waals surface area contributed by atoms with Crippen LogP contribution in [0.4, 0.5) is 5.82 Å². The summed E-state index contributed by atoms with van der Waals surface area (Å²) in [6.07, 6.45) is 0.817. The molecule has 7 heteroatoms. The van der Waals surface area contributed by atoms with Crippen molar-refractivity contribution in [2.45, 2.75) is 19.5 Å². The number of hydrogen-bond acceptors (Lipinski definition) is 3. The number of carbonyl (C=O) groups is 1. The van der Waals surface area contributed by atoms with Gasteiger partial charge in [-0.05, 0) is 30.2 Å². The molecule has 1 aliphatic heterocycles. The molecule has 5 nitrogen and oxygen atoms in total. The molecule has 138 valence electrons. The third-order valence-corrected chi connectivity index (χ3v) is 5.23. The van der Waals surface area contributed by atoms with Crippen LogP contribution in [0.1, 0.15) is 27.2 Å². The SMILES string of the molecule is O=C(Nc1n[nH]c2c1CCN(Cc1ccccc1)C2)c1cc(Cl)ccc1Cl. The van der Waals surface area contributed by atoms with Gasteiger partial charge in [0.05, 0.1) is 16.3 Å². The lowest BCUT2D eigenvalue weighted by atomic mass is 10.1. The Morgan fingerprint density at radius 3 is 2.81 bits per heavy atom. The molecule has 0 bridgehead atoms. The Balaban J connectivity index is 1.47. The van der Waals surface area contributed by atoms with E-state index >= 15 is 0 Å². The standard InChI is InChI=1S/C20H18Cl2N4O/c21-14-6-7-17(22)16(10-14)20(27)23-19-15-8-9-26(12-18(15)24-25-19)11-13-4-2-1-3-5-13/h1-7,10H,8-9,11-12H2,(H2,23,24,25,27). The average Bonchev–Trinajstić information content (AvgIpc) is 3.06. The van der Waals surface area contributed by atoms with Gasteiger partial charge in [-0.1, -0.05) is 53.5 Å². The molecule has 0 saturated carbocycles. The summed E-state index contributed by atoms with van der Waals surface area (Å²) >= 11 is 12.1. The van der Waals surface area contributed by atoms with Crippen molar-refractivity contribution in [2.24, 2.45) is 0 Å². The highest BCUT2D eigenvalue weighted by atomic mass is 35.5. The van der Waals surface area contributed by atoms with Gasteiger partial charge < -0.3 is 5.32 Å². The van der Waals surface area contributed by atoms with Crippen LogP contribution >= 0.6 is 23.2 Å². The van der Waals surface area contributed by atoms with E-state index < -0.39 is 0 Å². The van der Waals surface area contributed by atoms with Gasteiger partial charge in [-0.3, -0.25) is 14.8 Å². The van der Waals surface area contributed by atoms with Crippen LogP contribution in [0, 0.1) is 0 Å². The van der Waals surface area contributed by atoms with E-state index in [1.165, 1.54) is 5.56 Å². The Hall–Kier alpha value is -2.34. The number of aromatic amines is 1. The zero-order valence-corrected chi connectivity index (χ0v) is 16.0. The summed E-state index contributed by atoms with van der Waals surface area (Å²) in [7, 11) is 0. The first-order valence-corrected chi connectivity index (χ1v) is 9.44. The number of anilines is 1. The van der Waals surface area contributed by atoms with Crippen LogP contribution in [-0.2, 0) is 19.5 Å². The molecule has 3 aromatic rings. The van der Waals surface area contributed by atoms with Gasteiger partial charge in [0.15, 0.2) is 5.82 Å². The summed E-state index contributed by atoms with van der Waals surface area (Å²) < 4.78 is 0. The molecule has 2 N–H and O–H groups in total. The lowest BCUT2D eigenvalue weighted by Crippen LogP contribution is -2.30. The highest BCUT2D eigenvalue weighted by Gasteiger charge is 2.23. The van der Waals surface area contributed by atoms with Gasteiger partial charge in [0, 0.05) is 30.2 Å². The van der Waals surface area contributed by atoms with Crippen LogP contribution in [-0.4, -0.2) is 27.5 Å². The largest absolute Gasteiger partial charge is 0.305 e. The molecule has 0 atom stereocenters. The molecule has 1 aromatic heterocycles. The fourth-order valence-corrected chi connectivity index (χ4v) is 3.68. The number of hydrogen-bond donors (Lipinski definition) is 2. The van der Waals surface area contributed by atoms with Crippen molar-refractivity contribution < 1.29 is 4.79 Å². The summed E-state index contributed by atoms with van der Waals surface area (Å²) in [6, 6.07) is 15.2. The molecule has 0 unspecified atom stereocenters. The summed E-state index contributed by atoms with van der Waals surface area (Å²) in [4.78, 5) is 14.9. The second-order valence-corrected chi connectivity index (χ2v) is 7.40. The Morgan fingerprint density at radius 1 is 1.19 bits per heavy atom. The average molecular weight is 401 g/mol. The number of rotatable bonds is 4. The Kier molecular flexibility index (Phi) is 5.16. The van der Waals surface area contributed by atoms with Crippen molar-refractivity contribution in [1.82, 2.24) is 15.1 Å². The number of nitrogens with zero attached hydrogens (tertiary/aromatic N) is 2. The van der Waals surface area contributed by atoms with Gasteiger partial charge >= 0.3 is 0 Å². The number of benzene rings is 2. The van der Waals surface area contributed by atoms with Crippen molar-refractivity contribution in [3.05, 3.63) is 81.0 Å². The fourth-order valence-electron chi connectivity index (χ4n) is 3.30. The minimum atomic E-state index is -0.316. The molecule has 4 rings (SSSR count). The number of H-pyrrole nitrogens is 1. The van der Waals surface area contributed by atoms with Crippen LogP contribution in [0.15, 0.2) is 48.5 Å². The van der Waals surface area contributed by atoms with Crippen molar-refractivity contribution in [2.75, 3.05) is 11.9 Å². The van der Waals surface area contributed by atoms with Crippen LogP contribution in [0.5, 0.6) is 0 Å². The zero-order chi connectivity index (χ0) is 18.8. The monoisotopic (exact) mass is 400 g/mol. The van der Waals surface area contributed by atoms with Crippen molar-refractivity contribution in [3.63, 3.8) is 0 Å².